The molecule has 18 aromatic rings. The van der Waals surface area contributed by atoms with Gasteiger partial charge in [-0.2, -0.15) is 0 Å². The SMILES string of the molecule is CC(C)(C)c1cc2c3c(c1)N(c1c(-c4cccc(-c5ccccc5)c4)cc(-c4ccccc4)cc1-c1cccc(-c4ccccc4)c1)c1ccc(-c4cc(-c5ccccc5)cc(-c5ccccc5)c4)cc1B3c1cc(-c3cc(-c4ccccc4)cc(-c4ccccc4)c3)cc(-c3cc(-c4ccccc4)cc(-c4ccccc4)c3)c1S2. The Balaban J connectivity index is 0.931. The zero-order valence-corrected chi connectivity index (χ0v) is 65.2. The molecule has 2 aliphatic rings. The lowest BCUT2D eigenvalue weighted by Crippen LogP contribution is -2.60. The van der Waals surface area contributed by atoms with Crippen LogP contribution in [0, 0.1) is 0 Å². The fraction of sp³-hybridized carbons (Fsp3) is 0.0357. The van der Waals surface area contributed by atoms with Gasteiger partial charge in [0.2, 0.25) is 6.71 Å². The smallest absolute Gasteiger partial charge is 0.249 e. The lowest BCUT2D eigenvalue weighted by molar-refractivity contribution is 0.589. The second-order valence-corrected chi connectivity index (χ2v) is 32.6. The Morgan fingerprint density at radius 2 is 0.478 bits per heavy atom. The predicted octanol–water partition coefficient (Wildman–Crippen LogP) is 29.1. The first kappa shape index (κ1) is 70.3. The van der Waals surface area contributed by atoms with Gasteiger partial charge >= 0.3 is 0 Å². The zero-order chi connectivity index (χ0) is 76.9. The van der Waals surface area contributed by atoms with Crippen LogP contribution in [0.15, 0.2) is 441 Å². The van der Waals surface area contributed by atoms with E-state index in [1.54, 1.807) is 0 Å². The number of hydrogen-bond acceptors (Lipinski definition) is 2. The van der Waals surface area contributed by atoms with Crippen molar-refractivity contribution >= 4 is 51.9 Å². The van der Waals surface area contributed by atoms with Crippen LogP contribution in [0.3, 0.4) is 0 Å². The Hall–Kier alpha value is -13.8. The van der Waals surface area contributed by atoms with E-state index in [0.717, 1.165) is 117 Å². The van der Waals surface area contributed by atoms with Gasteiger partial charge in [-0.3, -0.25) is 0 Å². The van der Waals surface area contributed by atoms with Gasteiger partial charge in [0.25, 0.3) is 0 Å². The highest BCUT2D eigenvalue weighted by molar-refractivity contribution is 8.00. The largest absolute Gasteiger partial charge is 0.310 e. The summed E-state index contributed by atoms with van der Waals surface area (Å²) in [6.07, 6.45) is 0. The highest BCUT2D eigenvalue weighted by atomic mass is 32.2. The average Bonchev–Trinajstić information content (AvgIpc) is 0.692. The maximum Gasteiger partial charge on any atom is 0.249 e. The Labute approximate surface area is 680 Å². The Kier molecular flexibility index (Phi) is 18.3. The molecule has 2 aliphatic heterocycles. The van der Waals surface area contributed by atoms with Crippen LogP contribution in [0.4, 0.5) is 17.1 Å². The molecule has 0 spiro atoms. The molecule has 0 atom stereocenters. The molecule has 18 aromatic carbocycles. The standard InChI is InChI=1S/C112H80BNS/c1-112(2,3)100-73-107-109-108(74-100)115-111-103(99-66-93(81-45-25-10-26-46-81)61-94(67-99)82-47-27-11-28-48-82)70-98(96-64-91(79-41-21-8-22-42-79)60-92(65-96)80-43-23-9-24-44-80)72-105(111)113(109)104-71-86(95-62-89(77-37-17-6-18-38-77)59-90(63-95)78-39-19-7-20-40-78)55-56-106(104)114(107)110-101(87-53-31-51-84(57-87)75-33-13-4-14-34-75)68-97(83-49-29-12-30-50-83)69-102(110)88-54-32-52-85(58-88)76-35-15-5-16-36-76/h4-74H,1-3H3. The van der Waals surface area contributed by atoms with Gasteiger partial charge in [-0.15, -0.1) is 0 Å². The third-order valence-electron chi connectivity index (χ3n) is 23.2. The van der Waals surface area contributed by atoms with E-state index in [0.29, 0.717) is 0 Å². The Morgan fingerprint density at radius 3 is 0.843 bits per heavy atom. The minimum absolute atomic E-state index is 0.281. The molecule has 0 fully saturated rings. The molecule has 0 saturated carbocycles. The first-order chi connectivity index (χ1) is 56.6. The molecule has 115 heavy (non-hydrogen) atoms. The second kappa shape index (κ2) is 30.0. The molecule has 542 valence electrons. The molecule has 0 amide bonds. The van der Waals surface area contributed by atoms with E-state index in [1.807, 2.05) is 11.8 Å². The van der Waals surface area contributed by atoms with E-state index in [4.69, 9.17) is 0 Å². The lowest BCUT2D eigenvalue weighted by Gasteiger charge is -2.43. The molecule has 0 radical (unpaired) electrons. The first-order valence-electron chi connectivity index (χ1n) is 39.9. The molecule has 0 unspecified atom stereocenters. The highest BCUT2D eigenvalue weighted by Gasteiger charge is 2.44. The molecule has 0 aromatic heterocycles. The average molecular weight is 1480 g/mol. The van der Waals surface area contributed by atoms with Crippen molar-refractivity contribution in [3.05, 3.63) is 436 Å². The van der Waals surface area contributed by atoms with Crippen molar-refractivity contribution < 1.29 is 0 Å². The summed E-state index contributed by atoms with van der Waals surface area (Å²) in [6.45, 7) is 6.88. The van der Waals surface area contributed by atoms with Gasteiger partial charge < -0.3 is 4.90 Å². The number of fused-ring (bicyclic) bond motifs is 4. The van der Waals surface area contributed by atoms with Gasteiger partial charge in [0.05, 0.1) is 5.69 Å². The number of anilines is 3. The van der Waals surface area contributed by atoms with E-state index < -0.39 is 0 Å². The van der Waals surface area contributed by atoms with Crippen molar-refractivity contribution in [2.24, 2.45) is 0 Å². The van der Waals surface area contributed by atoms with Gasteiger partial charge in [-0.1, -0.05) is 366 Å². The normalized spacial score (nSPS) is 12.1. The summed E-state index contributed by atoms with van der Waals surface area (Å²) in [5.41, 5.74) is 40.5. The van der Waals surface area contributed by atoms with E-state index in [2.05, 4.69) is 456 Å². The summed E-state index contributed by atoms with van der Waals surface area (Å²) in [7, 11) is 0. The molecule has 20 rings (SSSR count). The summed E-state index contributed by atoms with van der Waals surface area (Å²) in [4.78, 5) is 5.22. The van der Waals surface area contributed by atoms with Crippen molar-refractivity contribution in [3.8, 4) is 156 Å². The third kappa shape index (κ3) is 13.7. The third-order valence-corrected chi connectivity index (χ3v) is 24.4. The van der Waals surface area contributed by atoms with Crippen LogP contribution < -0.4 is 21.3 Å². The number of rotatable bonds is 15. The molecule has 3 heteroatoms. The van der Waals surface area contributed by atoms with Crippen LogP contribution in [-0.2, 0) is 5.41 Å². The van der Waals surface area contributed by atoms with Crippen LogP contribution in [-0.4, -0.2) is 6.71 Å². The maximum absolute atomic E-state index is 2.73. The summed E-state index contributed by atoms with van der Waals surface area (Å²) < 4.78 is 0. The van der Waals surface area contributed by atoms with Gasteiger partial charge in [0, 0.05) is 32.3 Å². The lowest BCUT2D eigenvalue weighted by atomic mass is 9.34. The molecule has 0 aliphatic carbocycles. The van der Waals surface area contributed by atoms with E-state index in [-0.39, 0.29) is 12.1 Å². The van der Waals surface area contributed by atoms with Crippen molar-refractivity contribution in [1.29, 1.82) is 0 Å². The number of nitrogens with zero attached hydrogens (tertiary/aromatic N) is 1. The maximum atomic E-state index is 2.73. The van der Waals surface area contributed by atoms with Gasteiger partial charge in [0.15, 0.2) is 0 Å². The summed E-state index contributed by atoms with van der Waals surface area (Å²) in [5, 5.41) is 0. The van der Waals surface area contributed by atoms with E-state index in [1.165, 1.54) is 87.5 Å². The highest BCUT2D eigenvalue weighted by Crippen LogP contribution is 2.54. The predicted molar refractivity (Wildman–Crippen MR) is 491 cm³/mol. The van der Waals surface area contributed by atoms with Gasteiger partial charge in [-0.05, 0) is 270 Å². The van der Waals surface area contributed by atoms with Crippen LogP contribution in [0.25, 0.3) is 156 Å². The quantitative estimate of drug-likeness (QED) is 0.0941. The Bertz CT molecular complexity index is 6380. The van der Waals surface area contributed by atoms with Crippen LogP contribution >= 0.6 is 11.8 Å². The van der Waals surface area contributed by atoms with Crippen molar-refractivity contribution in [1.82, 2.24) is 0 Å². The fourth-order valence-electron chi connectivity index (χ4n) is 17.4. The zero-order valence-electron chi connectivity index (χ0n) is 64.4. The van der Waals surface area contributed by atoms with Crippen LogP contribution in [0.5, 0.6) is 0 Å². The van der Waals surface area contributed by atoms with Crippen LogP contribution in [0.2, 0.25) is 0 Å². The topological polar surface area (TPSA) is 3.24 Å². The molecule has 0 saturated heterocycles. The van der Waals surface area contributed by atoms with Crippen molar-refractivity contribution in [3.63, 3.8) is 0 Å². The summed E-state index contributed by atoms with van der Waals surface area (Å²) >= 11 is 1.95. The monoisotopic (exact) mass is 1480 g/mol. The number of hydrogen-bond donors (Lipinski definition) is 0. The molecular weight excluding hydrogens is 1400 g/mol. The van der Waals surface area contributed by atoms with E-state index in [9.17, 15) is 0 Å². The fourth-order valence-corrected chi connectivity index (χ4v) is 18.7. The van der Waals surface area contributed by atoms with Crippen molar-refractivity contribution in [2.45, 2.75) is 36.0 Å². The second-order valence-electron chi connectivity index (χ2n) is 31.5. The first-order valence-corrected chi connectivity index (χ1v) is 40.7. The molecule has 0 N–H and O–H groups in total. The molecular formula is C112H80BNS. The molecule has 1 nitrogen and oxygen atoms in total. The van der Waals surface area contributed by atoms with Crippen molar-refractivity contribution in [2.75, 3.05) is 4.90 Å². The minimum Gasteiger partial charge on any atom is -0.310 e. The minimum atomic E-state index is -0.291. The van der Waals surface area contributed by atoms with E-state index >= 15 is 0 Å². The number of benzene rings is 18. The van der Waals surface area contributed by atoms with Gasteiger partial charge in [-0.25, -0.2) is 0 Å². The summed E-state index contributed by atoms with van der Waals surface area (Å²) in [6, 6.07) is 162. The molecule has 0 bridgehead atoms. The Morgan fingerprint density at radius 1 is 0.209 bits per heavy atom. The van der Waals surface area contributed by atoms with Crippen LogP contribution in [0.1, 0.15) is 26.3 Å². The summed E-state index contributed by atoms with van der Waals surface area (Å²) in [5.74, 6) is 0. The molecule has 2 heterocycles. The van der Waals surface area contributed by atoms with Gasteiger partial charge in [0.1, 0.15) is 0 Å².